The Hall–Kier alpha value is -2.97. The Morgan fingerprint density at radius 2 is 2.24 bits per heavy atom. The average Bonchev–Trinajstić information content (AvgIpc) is 2.84. The lowest BCUT2D eigenvalue weighted by molar-refractivity contribution is -0.384. The van der Waals surface area contributed by atoms with Crippen LogP contribution in [0.15, 0.2) is 24.5 Å². The van der Waals surface area contributed by atoms with Crippen LogP contribution in [0.1, 0.15) is 29.1 Å². The van der Waals surface area contributed by atoms with Gasteiger partial charge in [-0.25, -0.2) is 4.79 Å². The summed E-state index contributed by atoms with van der Waals surface area (Å²) in [4.78, 5) is 21.4. The Morgan fingerprint density at radius 3 is 2.76 bits per heavy atom. The van der Waals surface area contributed by atoms with Gasteiger partial charge in [0.05, 0.1) is 16.5 Å². The zero-order valence-electron chi connectivity index (χ0n) is 11.3. The van der Waals surface area contributed by atoms with Crippen molar-refractivity contribution < 1.29 is 14.8 Å². The van der Waals surface area contributed by atoms with E-state index in [0.29, 0.717) is 5.82 Å². The molecular formula is C12H13N5O4. The van der Waals surface area contributed by atoms with Gasteiger partial charge in [-0.3, -0.25) is 10.1 Å². The van der Waals surface area contributed by atoms with Crippen LogP contribution in [0.3, 0.4) is 0 Å². The normalized spacial score (nSPS) is 11.9. The highest BCUT2D eigenvalue weighted by Gasteiger charge is 2.20. The van der Waals surface area contributed by atoms with Gasteiger partial charge in [0.1, 0.15) is 12.0 Å². The molecule has 0 aliphatic heterocycles. The Morgan fingerprint density at radius 1 is 1.52 bits per heavy atom. The van der Waals surface area contributed by atoms with Crippen molar-refractivity contribution in [2.24, 2.45) is 7.05 Å². The van der Waals surface area contributed by atoms with Gasteiger partial charge in [-0.1, -0.05) is 0 Å². The molecule has 0 radical (unpaired) electrons. The van der Waals surface area contributed by atoms with E-state index in [0.717, 1.165) is 6.07 Å². The number of nitro benzene ring substituents is 1. The van der Waals surface area contributed by atoms with Gasteiger partial charge in [0, 0.05) is 13.1 Å². The first kappa shape index (κ1) is 14.4. The first-order valence-corrected chi connectivity index (χ1v) is 6.02. The van der Waals surface area contributed by atoms with Crippen molar-refractivity contribution in [2.45, 2.75) is 13.0 Å². The fraction of sp³-hybridized carbons (Fsp3) is 0.250. The number of carboxylic acid groups (broad SMARTS) is 1. The van der Waals surface area contributed by atoms with Crippen LogP contribution in [0, 0.1) is 10.1 Å². The average molecular weight is 291 g/mol. The van der Waals surface area contributed by atoms with Crippen molar-refractivity contribution in [2.75, 3.05) is 5.32 Å². The number of anilines is 1. The minimum atomic E-state index is -1.15. The highest BCUT2D eigenvalue weighted by Crippen LogP contribution is 2.28. The quantitative estimate of drug-likeness (QED) is 0.633. The van der Waals surface area contributed by atoms with Crippen molar-refractivity contribution in [3.8, 4) is 0 Å². The second-order valence-electron chi connectivity index (χ2n) is 4.46. The van der Waals surface area contributed by atoms with Crippen molar-refractivity contribution >= 4 is 17.3 Å². The van der Waals surface area contributed by atoms with Crippen molar-refractivity contribution in [3.05, 3.63) is 46.0 Å². The zero-order valence-corrected chi connectivity index (χ0v) is 11.3. The molecule has 2 N–H and O–H groups in total. The predicted octanol–water partition coefficient (Wildman–Crippen LogP) is 1.59. The molecular weight excluding hydrogens is 278 g/mol. The first-order valence-electron chi connectivity index (χ1n) is 6.02. The molecule has 2 rings (SSSR count). The van der Waals surface area contributed by atoms with E-state index in [9.17, 15) is 14.9 Å². The molecule has 2 aromatic rings. The van der Waals surface area contributed by atoms with Crippen molar-refractivity contribution in [3.63, 3.8) is 0 Å². The van der Waals surface area contributed by atoms with E-state index >= 15 is 0 Å². The van der Waals surface area contributed by atoms with E-state index in [2.05, 4.69) is 15.5 Å². The molecule has 9 nitrogen and oxygen atoms in total. The van der Waals surface area contributed by atoms with Crippen LogP contribution in [-0.4, -0.2) is 30.8 Å². The molecule has 0 aliphatic carbocycles. The molecule has 21 heavy (non-hydrogen) atoms. The number of nitrogens with one attached hydrogen (secondary N) is 1. The van der Waals surface area contributed by atoms with Gasteiger partial charge in [0.25, 0.3) is 5.69 Å². The molecule has 1 aromatic heterocycles. The third-order valence-corrected chi connectivity index (χ3v) is 2.95. The molecule has 1 aromatic carbocycles. The third kappa shape index (κ3) is 2.96. The van der Waals surface area contributed by atoms with Crippen LogP contribution in [-0.2, 0) is 7.05 Å². The van der Waals surface area contributed by atoms with Gasteiger partial charge < -0.3 is 15.0 Å². The SMILES string of the molecule is CC(Nc1cc(C(=O)O)ccc1[N+](=O)[O-])c1nncn1C. The van der Waals surface area contributed by atoms with E-state index in [1.165, 1.54) is 18.5 Å². The number of hydrogen-bond acceptors (Lipinski definition) is 6. The van der Waals surface area contributed by atoms with E-state index in [-0.39, 0.29) is 23.0 Å². The largest absolute Gasteiger partial charge is 0.478 e. The molecule has 110 valence electrons. The molecule has 0 bridgehead atoms. The van der Waals surface area contributed by atoms with Gasteiger partial charge in [0.15, 0.2) is 5.82 Å². The number of rotatable bonds is 5. The van der Waals surface area contributed by atoms with Crippen molar-refractivity contribution in [1.29, 1.82) is 0 Å². The molecule has 0 fully saturated rings. The lowest BCUT2D eigenvalue weighted by atomic mass is 10.1. The van der Waals surface area contributed by atoms with Crippen LogP contribution in [0.2, 0.25) is 0 Å². The van der Waals surface area contributed by atoms with E-state index in [4.69, 9.17) is 5.11 Å². The molecule has 1 heterocycles. The molecule has 0 saturated heterocycles. The van der Waals surface area contributed by atoms with Crippen LogP contribution in [0.25, 0.3) is 0 Å². The Balaban J connectivity index is 2.37. The monoisotopic (exact) mass is 291 g/mol. The Bertz CT molecular complexity index is 697. The summed E-state index contributed by atoms with van der Waals surface area (Å²) in [6.45, 7) is 1.75. The number of nitro groups is 1. The fourth-order valence-corrected chi connectivity index (χ4v) is 1.93. The van der Waals surface area contributed by atoms with E-state index in [1.807, 2.05) is 0 Å². The second-order valence-corrected chi connectivity index (χ2v) is 4.46. The maximum absolute atomic E-state index is 11.0. The fourth-order valence-electron chi connectivity index (χ4n) is 1.93. The first-order chi connectivity index (χ1) is 9.90. The molecule has 9 heteroatoms. The summed E-state index contributed by atoms with van der Waals surface area (Å²) >= 11 is 0. The van der Waals surface area contributed by atoms with Crippen LogP contribution >= 0.6 is 0 Å². The third-order valence-electron chi connectivity index (χ3n) is 2.95. The molecule has 0 spiro atoms. The standard InChI is InChI=1S/C12H13N5O4/c1-7(11-15-13-6-16(11)2)14-9-5-8(12(18)19)3-4-10(9)17(20)21/h3-7,14H,1-2H3,(H,18,19). The summed E-state index contributed by atoms with van der Waals surface area (Å²) in [6, 6.07) is 3.21. The van der Waals surface area contributed by atoms with Gasteiger partial charge in [0.2, 0.25) is 0 Å². The number of aryl methyl sites for hydroxylation is 1. The highest BCUT2D eigenvalue weighted by molar-refractivity contribution is 5.90. The second kappa shape index (κ2) is 5.57. The van der Waals surface area contributed by atoms with Gasteiger partial charge in [-0.15, -0.1) is 10.2 Å². The van der Waals surface area contributed by atoms with Crippen LogP contribution in [0.5, 0.6) is 0 Å². The maximum Gasteiger partial charge on any atom is 0.335 e. The summed E-state index contributed by atoms with van der Waals surface area (Å²) < 4.78 is 1.67. The topological polar surface area (TPSA) is 123 Å². The number of aromatic nitrogens is 3. The van der Waals surface area contributed by atoms with Crippen LogP contribution in [0.4, 0.5) is 11.4 Å². The number of aromatic carboxylic acids is 1. The summed E-state index contributed by atoms with van der Waals surface area (Å²) in [7, 11) is 1.75. The minimum Gasteiger partial charge on any atom is -0.478 e. The summed E-state index contributed by atoms with van der Waals surface area (Å²) in [5.74, 6) is -0.579. The number of carbonyl (C=O) groups is 1. The Labute approximate surface area is 119 Å². The number of hydrogen-bond donors (Lipinski definition) is 2. The number of carboxylic acids is 1. The molecule has 1 atom stereocenters. The molecule has 1 unspecified atom stereocenters. The van der Waals surface area contributed by atoms with E-state index in [1.54, 1.807) is 18.5 Å². The molecule has 0 saturated carbocycles. The smallest absolute Gasteiger partial charge is 0.335 e. The summed E-state index contributed by atoms with van der Waals surface area (Å²) in [5.41, 5.74) is -0.113. The molecule has 0 aliphatic rings. The van der Waals surface area contributed by atoms with E-state index < -0.39 is 10.9 Å². The maximum atomic E-state index is 11.0. The minimum absolute atomic E-state index is 0.0340. The molecule has 0 amide bonds. The lowest BCUT2D eigenvalue weighted by Crippen LogP contribution is -2.13. The van der Waals surface area contributed by atoms with Gasteiger partial charge in [-0.05, 0) is 19.1 Å². The zero-order chi connectivity index (χ0) is 15.6. The lowest BCUT2D eigenvalue weighted by Gasteiger charge is -2.14. The highest BCUT2D eigenvalue weighted by atomic mass is 16.6. The van der Waals surface area contributed by atoms with Crippen molar-refractivity contribution in [1.82, 2.24) is 14.8 Å². The number of benzene rings is 1. The van der Waals surface area contributed by atoms with Gasteiger partial charge in [-0.2, -0.15) is 0 Å². The van der Waals surface area contributed by atoms with Gasteiger partial charge >= 0.3 is 5.97 Å². The summed E-state index contributed by atoms with van der Waals surface area (Å²) in [6.07, 6.45) is 1.51. The predicted molar refractivity (Wildman–Crippen MR) is 73.1 cm³/mol. The summed E-state index contributed by atoms with van der Waals surface area (Å²) in [5, 5.41) is 30.5. The number of nitrogens with zero attached hydrogens (tertiary/aromatic N) is 4. The Kier molecular flexibility index (Phi) is 3.83. The van der Waals surface area contributed by atoms with Crippen LogP contribution < -0.4 is 5.32 Å².